The number of piperidine rings is 1. The molecule has 0 radical (unpaired) electrons. The van der Waals surface area contributed by atoms with Crippen molar-refractivity contribution in [3.05, 3.63) is 44.0 Å². The Hall–Kier alpha value is -3.04. The number of carboxylic acids is 1. The molecule has 0 bridgehead atoms. The van der Waals surface area contributed by atoms with Crippen molar-refractivity contribution in [2.75, 3.05) is 6.54 Å². The van der Waals surface area contributed by atoms with Gasteiger partial charge in [0.1, 0.15) is 6.04 Å². The summed E-state index contributed by atoms with van der Waals surface area (Å²) in [6.07, 6.45) is 1.53. The lowest BCUT2D eigenvalue weighted by Gasteiger charge is -2.32. The fourth-order valence-electron chi connectivity index (χ4n) is 2.53. The van der Waals surface area contributed by atoms with Gasteiger partial charge in [0, 0.05) is 18.7 Å². The van der Waals surface area contributed by atoms with Crippen LogP contribution >= 0.6 is 0 Å². The number of nitro benzene ring substituents is 2. The molecule has 122 valence electrons. The zero-order valence-corrected chi connectivity index (χ0v) is 11.9. The molecule has 1 aromatic carbocycles. The maximum Gasteiger partial charge on any atom is 0.326 e. The second-order valence-electron chi connectivity index (χ2n) is 5.10. The van der Waals surface area contributed by atoms with Crippen molar-refractivity contribution in [1.82, 2.24) is 4.90 Å². The maximum absolute atomic E-state index is 12.5. The van der Waals surface area contributed by atoms with Crippen molar-refractivity contribution in [3.8, 4) is 0 Å². The van der Waals surface area contributed by atoms with Gasteiger partial charge in [0.05, 0.1) is 21.5 Å². The van der Waals surface area contributed by atoms with Crippen LogP contribution in [0.4, 0.5) is 11.4 Å². The number of nitro groups is 2. The molecular formula is C13H13N3O7. The first-order valence-electron chi connectivity index (χ1n) is 6.79. The van der Waals surface area contributed by atoms with Crippen molar-refractivity contribution in [2.45, 2.75) is 25.3 Å². The summed E-state index contributed by atoms with van der Waals surface area (Å²) in [5.41, 5.74) is -1.45. The molecule has 1 saturated heterocycles. The second-order valence-corrected chi connectivity index (χ2v) is 5.10. The van der Waals surface area contributed by atoms with E-state index in [2.05, 4.69) is 0 Å². The first-order chi connectivity index (χ1) is 10.8. The van der Waals surface area contributed by atoms with Gasteiger partial charge in [-0.25, -0.2) is 4.79 Å². The van der Waals surface area contributed by atoms with Gasteiger partial charge < -0.3 is 10.0 Å². The number of aliphatic carboxylic acids is 1. The van der Waals surface area contributed by atoms with E-state index in [0.717, 1.165) is 23.1 Å². The molecule has 1 heterocycles. The van der Waals surface area contributed by atoms with E-state index < -0.39 is 39.1 Å². The predicted molar refractivity (Wildman–Crippen MR) is 76.1 cm³/mol. The molecular weight excluding hydrogens is 310 g/mol. The van der Waals surface area contributed by atoms with Crippen molar-refractivity contribution in [3.63, 3.8) is 0 Å². The summed E-state index contributed by atoms with van der Waals surface area (Å²) in [7, 11) is 0. The van der Waals surface area contributed by atoms with Gasteiger partial charge in [0.15, 0.2) is 0 Å². The molecule has 10 nitrogen and oxygen atoms in total. The Morgan fingerprint density at radius 1 is 1.09 bits per heavy atom. The fraction of sp³-hybridized carbons (Fsp3) is 0.385. The summed E-state index contributed by atoms with van der Waals surface area (Å²) in [6, 6.07) is 1.56. The van der Waals surface area contributed by atoms with Gasteiger partial charge in [-0.05, 0) is 19.3 Å². The highest BCUT2D eigenvalue weighted by molar-refractivity contribution is 5.97. The number of carboxylic acid groups (broad SMARTS) is 1. The summed E-state index contributed by atoms with van der Waals surface area (Å²) in [5.74, 6) is -1.93. The van der Waals surface area contributed by atoms with Crippen LogP contribution in [0.15, 0.2) is 18.2 Å². The normalized spacial score (nSPS) is 17.6. The van der Waals surface area contributed by atoms with Gasteiger partial charge in [0.25, 0.3) is 17.3 Å². The van der Waals surface area contributed by atoms with E-state index in [-0.39, 0.29) is 18.5 Å². The highest BCUT2D eigenvalue weighted by Gasteiger charge is 2.33. The van der Waals surface area contributed by atoms with Crippen molar-refractivity contribution < 1.29 is 24.5 Å². The summed E-state index contributed by atoms with van der Waals surface area (Å²) in [4.78, 5) is 44.9. The van der Waals surface area contributed by atoms with Gasteiger partial charge >= 0.3 is 5.97 Å². The van der Waals surface area contributed by atoms with Crippen LogP contribution in [-0.2, 0) is 4.79 Å². The molecule has 1 N–H and O–H groups in total. The Labute approximate surface area is 129 Å². The lowest BCUT2D eigenvalue weighted by molar-refractivity contribution is -0.394. The van der Waals surface area contributed by atoms with E-state index in [0.29, 0.717) is 12.8 Å². The first-order valence-corrected chi connectivity index (χ1v) is 6.79. The largest absolute Gasteiger partial charge is 0.480 e. The molecule has 1 aromatic rings. The topological polar surface area (TPSA) is 144 Å². The van der Waals surface area contributed by atoms with Crippen LogP contribution < -0.4 is 0 Å². The smallest absolute Gasteiger partial charge is 0.326 e. The van der Waals surface area contributed by atoms with Crippen molar-refractivity contribution in [2.24, 2.45) is 0 Å². The van der Waals surface area contributed by atoms with Gasteiger partial charge in [0.2, 0.25) is 0 Å². The number of benzene rings is 1. The van der Waals surface area contributed by atoms with E-state index in [1.165, 1.54) is 0 Å². The van der Waals surface area contributed by atoms with Gasteiger partial charge in [-0.3, -0.25) is 25.0 Å². The lowest BCUT2D eigenvalue weighted by atomic mass is 10.0. The summed E-state index contributed by atoms with van der Waals surface area (Å²) in [6.45, 7) is 0.187. The second kappa shape index (κ2) is 6.38. The number of likely N-dealkylation sites (tertiary alicyclic amines) is 1. The number of rotatable bonds is 4. The number of hydrogen-bond acceptors (Lipinski definition) is 6. The molecule has 2 rings (SSSR count). The summed E-state index contributed by atoms with van der Waals surface area (Å²) >= 11 is 0. The minimum Gasteiger partial charge on any atom is -0.480 e. The summed E-state index contributed by atoms with van der Waals surface area (Å²) in [5, 5.41) is 30.9. The molecule has 1 aliphatic heterocycles. The molecule has 1 amide bonds. The highest BCUT2D eigenvalue weighted by Crippen LogP contribution is 2.26. The first kappa shape index (κ1) is 16.3. The van der Waals surface area contributed by atoms with Crippen LogP contribution in [0.5, 0.6) is 0 Å². The SMILES string of the molecule is O=C(O)C1CCCCN1C(=O)c1cc([N+](=O)[O-])cc([N+](=O)[O-])c1. The number of carbonyl (C=O) groups is 2. The standard InChI is InChI=1S/C13H13N3O7/c17-12(14-4-2-1-3-11(14)13(18)19)8-5-9(15(20)21)7-10(6-8)16(22)23/h5-7,11H,1-4H2,(H,18,19). The quantitative estimate of drug-likeness (QED) is 0.654. The van der Waals surface area contributed by atoms with Gasteiger partial charge in [-0.15, -0.1) is 0 Å². The summed E-state index contributed by atoms with van der Waals surface area (Å²) < 4.78 is 0. The molecule has 23 heavy (non-hydrogen) atoms. The molecule has 10 heteroatoms. The molecule has 0 saturated carbocycles. The lowest BCUT2D eigenvalue weighted by Crippen LogP contribution is -2.48. The van der Waals surface area contributed by atoms with E-state index in [1.54, 1.807) is 0 Å². The number of hydrogen-bond donors (Lipinski definition) is 1. The zero-order valence-electron chi connectivity index (χ0n) is 11.9. The monoisotopic (exact) mass is 323 g/mol. The van der Waals surface area contributed by atoms with Crippen LogP contribution in [0.3, 0.4) is 0 Å². The van der Waals surface area contributed by atoms with E-state index in [9.17, 15) is 34.9 Å². The van der Waals surface area contributed by atoms with Crippen LogP contribution in [0.25, 0.3) is 0 Å². The van der Waals surface area contributed by atoms with Crippen LogP contribution in [0, 0.1) is 20.2 Å². The molecule has 1 atom stereocenters. The van der Waals surface area contributed by atoms with Gasteiger partial charge in [-0.1, -0.05) is 0 Å². The molecule has 0 spiro atoms. The molecule has 0 aromatic heterocycles. The molecule has 1 fully saturated rings. The predicted octanol–water partition coefficient (Wildman–Crippen LogP) is 1.58. The van der Waals surface area contributed by atoms with Crippen LogP contribution in [0.1, 0.15) is 29.6 Å². The Morgan fingerprint density at radius 2 is 1.65 bits per heavy atom. The third-order valence-electron chi connectivity index (χ3n) is 3.62. The Balaban J connectivity index is 2.43. The van der Waals surface area contributed by atoms with Crippen molar-refractivity contribution in [1.29, 1.82) is 0 Å². The number of nitrogens with zero attached hydrogens (tertiary/aromatic N) is 3. The van der Waals surface area contributed by atoms with Crippen LogP contribution in [0.2, 0.25) is 0 Å². The molecule has 1 unspecified atom stereocenters. The number of non-ortho nitro benzene ring substituents is 2. The van der Waals surface area contributed by atoms with Crippen LogP contribution in [-0.4, -0.2) is 44.3 Å². The van der Waals surface area contributed by atoms with E-state index in [4.69, 9.17) is 0 Å². The fourth-order valence-corrected chi connectivity index (χ4v) is 2.53. The average Bonchev–Trinajstić information content (AvgIpc) is 2.53. The minimum atomic E-state index is -1.17. The van der Waals surface area contributed by atoms with Crippen molar-refractivity contribution >= 4 is 23.3 Å². The number of amides is 1. The third kappa shape index (κ3) is 3.42. The van der Waals surface area contributed by atoms with E-state index in [1.807, 2.05) is 0 Å². The molecule has 0 aliphatic carbocycles. The van der Waals surface area contributed by atoms with E-state index >= 15 is 0 Å². The Bertz CT molecular complexity index is 656. The third-order valence-corrected chi connectivity index (χ3v) is 3.62. The Kier molecular flexibility index (Phi) is 4.53. The number of carbonyl (C=O) groups excluding carboxylic acids is 1. The zero-order chi connectivity index (χ0) is 17.1. The van der Waals surface area contributed by atoms with Gasteiger partial charge in [-0.2, -0.15) is 0 Å². The average molecular weight is 323 g/mol. The maximum atomic E-state index is 12.5. The molecule has 1 aliphatic rings. The highest BCUT2D eigenvalue weighted by atomic mass is 16.6. The minimum absolute atomic E-state index is 0.187. The Morgan fingerprint density at radius 3 is 2.13 bits per heavy atom.